The summed E-state index contributed by atoms with van der Waals surface area (Å²) >= 11 is 1.50. The minimum absolute atomic E-state index is 0.642. The Hall–Kier alpha value is 0.155. The maximum atomic E-state index is 5.03. The van der Waals surface area contributed by atoms with Gasteiger partial charge in [0.05, 0.1) is 7.85 Å². The van der Waals surface area contributed by atoms with Gasteiger partial charge in [-0.05, 0) is 11.1 Å². The molecule has 0 saturated carbocycles. The highest BCUT2D eigenvalue weighted by molar-refractivity contribution is 8.03. The van der Waals surface area contributed by atoms with Crippen LogP contribution in [0.1, 0.15) is 0 Å². The maximum absolute atomic E-state index is 5.03. The Kier molecular flexibility index (Phi) is 4.28. The molecule has 0 amide bonds. The Morgan fingerprint density at radius 3 is 2.60 bits per heavy atom. The highest BCUT2D eigenvalue weighted by Gasteiger charge is 1.61. The molecule has 0 N–H and O–H groups in total. The van der Waals surface area contributed by atoms with Gasteiger partial charge in [-0.3, -0.25) is 0 Å². The van der Waals surface area contributed by atoms with Crippen molar-refractivity contribution in [2.45, 2.75) is 0 Å². The molecule has 0 aliphatic carbocycles. The van der Waals surface area contributed by atoms with Gasteiger partial charge in [0.15, 0.2) is 0 Å². The van der Waals surface area contributed by atoms with Crippen LogP contribution in [-0.4, -0.2) is 13.5 Å². The van der Waals surface area contributed by atoms with Gasteiger partial charge in [0, 0.05) is 0 Å². The van der Waals surface area contributed by atoms with E-state index in [0.717, 1.165) is 0 Å². The predicted molar refractivity (Wildman–Crippen MR) is 28.4 cm³/mol. The van der Waals surface area contributed by atoms with Crippen LogP contribution in [0.3, 0.4) is 0 Å². The lowest BCUT2D eigenvalue weighted by Gasteiger charge is -1.73. The van der Waals surface area contributed by atoms with Gasteiger partial charge < -0.3 is 0 Å². The standard InChI is InChI=1S/C3H5BS/c1-2-5-3-4/h2H,1,3H2. The Bertz CT molecular complexity index is 28.1. The third-order valence-electron chi connectivity index (χ3n) is 0.214. The summed E-state index contributed by atoms with van der Waals surface area (Å²) in [4.78, 5) is 0. The van der Waals surface area contributed by atoms with Gasteiger partial charge in [0.25, 0.3) is 0 Å². The van der Waals surface area contributed by atoms with Gasteiger partial charge >= 0.3 is 0 Å². The minimum atomic E-state index is 0.642. The molecule has 0 atom stereocenters. The van der Waals surface area contributed by atoms with Crippen LogP contribution in [0, 0.1) is 0 Å². The lowest BCUT2D eigenvalue weighted by Crippen LogP contribution is -1.63. The van der Waals surface area contributed by atoms with E-state index in [1.165, 1.54) is 11.8 Å². The van der Waals surface area contributed by atoms with Crippen molar-refractivity contribution in [2.75, 3.05) is 5.65 Å². The van der Waals surface area contributed by atoms with Gasteiger partial charge in [-0.2, -0.15) is 0 Å². The van der Waals surface area contributed by atoms with Crippen LogP contribution in [0.25, 0.3) is 0 Å². The Morgan fingerprint density at radius 2 is 2.60 bits per heavy atom. The monoisotopic (exact) mass is 84.0 g/mol. The highest BCUT2D eigenvalue weighted by atomic mass is 32.2. The summed E-state index contributed by atoms with van der Waals surface area (Å²) in [6.45, 7) is 3.43. The molecule has 0 rings (SSSR count). The van der Waals surface area contributed by atoms with Crippen molar-refractivity contribution >= 4 is 19.6 Å². The highest BCUT2D eigenvalue weighted by Crippen LogP contribution is 1.92. The van der Waals surface area contributed by atoms with E-state index in [1.54, 1.807) is 5.41 Å². The van der Waals surface area contributed by atoms with Gasteiger partial charge in [-0.15, -0.1) is 11.8 Å². The lowest BCUT2D eigenvalue weighted by atomic mass is 10.2. The topological polar surface area (TPSA) is 0 Å². The molecule has 0 aliphatic rings. The quantitative estimate of drug-likeness (QED) is 0.449. The van der Waals surface area contributed by atoms with Gasteiger partial charge in [-0.25, -0.2) is 0 Å². The second-order valence-electron chi connectivity index (χ2n) is 0.500. The van der Waals surface area contributed by atoms with Crippen molar-refractivity contribution in [3.63, 3.8) is 0 Å². The number of thioether (sulfide) groups is 1. The summed E-state index contributed by atoms with van der Waals surface area (Å²) in [6, 6.07) is 0. The molecule has 0 aromatic carbocycles. The summed E-state index contributed by atoms with van der Waals surface area (Å²) in [6.07, 6.45) is 0. The zero-order valence-corrected chi connectivity index (χ0v) is 3.79. The zero-order chi connectivity index (χ0) is 4.12. The van der Waals surface area contributed by atoms with Crippen LogP contribution in [-0.2, 0) is 0 Å². The van der Waals surface area contributed by atoms with Gasteiger partial charge in [0.2, 0.25) is 0 Å². The van der Waals surface area contributed by atoms with Gasteiger partial charge in [0.1, 0.15) is 0 Å². The number of rotatable bonds is 2. The fourth-order valence-electron chi connectivity index (χ4n) is 0.0680. The molecule has 2 radical (unpaired) electrons. The fourth-order valence-corrected chi connectivity index (χ4v) is 0.204. The second kappa shape index (κ2) is 4.15. The van der Waals surface area contributed by atoms with Crippen LogP contribution < -0.4 is 0 Å². The summed E-state index contributed by atoms with van der Waals surface area (Å²) < 4.78 is 0. The summed E-state index contributed by atoms with van der Waals surface area (Å²) in [7, 11) is 5.03. The minimum Gasteiger partial charge on any atom is -0.144 e. The molecule has 0 nitrogen and oxygen atoms in total. The summed E-state index contributed by atoms with van der Waals surface area (Å²) in [5.41, 5.74) is 0.642. The van der Waals surface area contributed by atoms with Crippen molar-refractivity contribution in [3.8, 4) is 0 Å². The summed E-state index contributed by atoms with van der Waals surface area (Å²) in [5.74, 6) is 0. The normalized spacial score (nSPS) is 7.20. The van der Waals surface area contributed by atoms with E-state index in [9.17, 15) is 0 Å². The first-order chi connectivity index (χ1) is 2.41. The average molecular weight is 84.0 g/mol. The first-order valence-electron chi connectivity index (χ1n) is 1.34. The molecule has 0 aromatic rings. The molecular formula is C3H5BS. The van der Waals surface area contributed by atoms with Crippen LogP contribution in [0.4, 0.5) is 0 Å². The largest absolute Gasteiger partial charge is 0.144 e. The van der Waals surface area contributed by atoms with Crippen LogP contribution in [0.2, 0.25) is 0 Å². The molecule has 0 bridgehead atoms. The van der Waals surface area contributed by atoms with E-state index in [-0.39, 0.29) is 0 Å². The van der Waals surface area contributed by atoms with E-state index in [0.29, 0.717) is 5.65 Å². The molecular weight excluding hydrogens is 78.9 g/mol. The predicted octanol–water partition coefficient (Wildman–Crippen LogP) is 0.989. The maximum Gasteiger partial charge on any atom is 0.0803 e. The average Bonchev–Trinajstić information content (AvgIpc) is 1.41. The van der Waals surface area contributed by atoms with Crippen molar-refractivity contribution < 1.29 is 0 Å². The van der Waals surface area contributed by atoms with E-state index in [2.05, 4.69) is 6.58 Å². The summed E-state index contributed by atoms with van der Waals surface area (Å²) in [5, 5.41) is 1.72. The molecule has 0 heterocycles. The smallest absolute Gasteiger partial charge is 0.0803 e. The molecule has 0 unspecified atom stereocenters. The first-order valence-corrected chi connectivity index (χ1v) is 2.39. The molecule has 26 valence electrons. The van der Waals surface area contributed by atoms with E-state index in [4.69, 9.17) is 7.85 Å². The molecule has 0 aromatic heterocycles. The number of hydrogen-bond acceptors (Lipinski definition) is 1. The lowest BCUT2D eigenvalue weighted by molar-refractivity contribution is 2.23. The van der Waals surface area contributed by atoms with E-state index < -0.39 is 0 Å². The van der Waals surface area contributed by atoms with E-state index >= 15 is 0 Å². The molecule has 0 aliphatic heterocycles. The first kappa shape index (κ1) is 5.15. The molecule has 2 heteroatoms. The Balaban J connectivity index is 2.40. The Morgan fingerprint density at radius 1 is 2.00 bits per heavy atom. The fraction of sp³-hybridized carbons (Fsp3) is 0.333. The molecule has 5 heavy (non-hydrogen) atoms. The third kappa shape index (κ3) is 4.15. The van der Waals surface area contributed by atoms with Crippen molar-refractivity contribution in [2.24, 2.45) is 0 Å². The Labute approximate surface area is 38.1 Å². The number of hydrogen-bond donors (Lipinski definition) is 0. The SMILES string of the molecule is [B]CSC=C. The molecule has 0 saturated heterocycles. The molecule has 0 spiro atoms. The zero-order valence-electron chi connectivity index (χ0n) is 2.98. The van der Waals surface area contributed by atoms with Gasteiger partial charge in [-0.1, -0.05) is 6.58 Å². The third-order valence-corrected chi connectivity index (χ3v) is 0.642. The van der Waals surface area contributed by atoms with E-state index in [1.807, 2.05) is 0 Å². The molecule has 0 fully saturated rings. The van der Waals surface area contributed by atoms with Crippen molar-refractivity contribution in [1.29, 1.82) is 0 Å². The van der Waals surface area contributed by atoms with Crippen LogP contribution >= 0.6 is 11.8 Å². The second-order valence-corrected chi connectivity index (χ2v) is 1.50. The van der Waals surface area contributed by atoms with Crippen molar-refractivity contribution in [1.82, 2.24) is 0 Å². The van der Waals surface area contributed by atoms with Crippen LogP contribution in [0.15, 0.2) is 12.0 Å². The van der Waals surface area contributed by atoms with Crippen LogP contribution in [0.5, 0.6) is 0 Å². The van der Waals surface area contributed by atoms with Crippen molar-refractivity contribution in [3.05, 3.63) is 12.0 Å².